The first-order valence-corrected chi connectivity index (χ1v) is 8.51. The lowest BCUT2D eigenvalue weighted by atomic mass is 10.1. The van der Waals surface area contributed by atoms with Gasteiger partial charge in [0.25, 0.3) is 22.2 Å². The highest BCUT2D eigenvalue weighted by Gasteiger charge is 2.21. The lowest BCUT2D eigenvalue weighted by Crippen LogP contribution is -2.30. The third-order valence-electron chi connectivity index (χ3n) is 4.25. The van der Waals surface area contributed by atoms with Crippen LogP contribution >= 0.6 is 0 Å². The van der Waals surface area contributed by atoms with Crippen molar-refractivity contribution in [3.63, 3.8) is 0 Å². The smallest absolute Gasteiger partial charge is 0.326 e. The van der Waals surface area contributed by atoms with Gasteiger partial charge in [0, 0.05) is 0 Å². The third-order valence-corrected chi connectivity index (χ3v) is 4.25. The predicted molar refractivity (Wildman–Crippen MR) is 98.2 cm³/mol. The van der Waals surface area contributed by atoms with Gasteiger partial charge in [-0.05, 0) is 26.0 Å². The second kappa shape index (κ2) is 7.22. The van der Waals surface area contributed by atoms with Gasteiger partial charge in [-0.2, -0.15) is 0 Å². The number of hydrogen-bond acceptors (Lipinski definition) is 8. The number of esters is 2. The molecule has 10 heteroatoms. The zero-order valence-corrected chi connectivity index (χ0v) is 15.1. The molecule has 0 aliphatic carbocycles. The van der Waals surface area contributed by atoms with Crippen molar-refractivity contribution in [2.24, 2.45) is 0 Å². The average Bonchev–Trinajstić information content (AvgIpc) is 3.02. The molecule has 2 aromatic heterocycles. The molecular formula is C18H16N2O8. The molecule has 0 aliphatic rings. The first kappa shape index (κ1) is 19.2. The predicted octanol–water partition coefficient (Wildman–Crippen LogP) is -0.961. The number of ether oxygens (including phenoxy) is 2. The summed E-state index contributed by atoms with van der Waals surface area (Å²) in [7, 11) is 0. The molecule has 0 fully saturated rings. The van der Waals surface area contributed by atoms with Gasteiger partial charge in [-0.1, -0.05) is 0 Å². The van der Waals surface area contributed by atoms with Crippen molar-refractivity contribution in [1.29, 1.82) is 0 Å². The van der Waals surface area contributed by atoms with Crippen molar-refractivity contribution in [3.8, 4) is 0 Å². The van der Waals surface area contributed by atoms with E-state index in [0.29, 0.717) is 9.13 Å². The Morgan fingerprint density at radius 2 is 0.964 bits per heavy atom. The van der Waals surface area contributed by atoms with E-state index in [2.05, 4.69) is 0 Å². The SMILES string of the molecule is CCOC(=O)Cn1c(=O)c2cc3c(=O)n(CC(=O)OCC)c(=O)c3cc2c1=O. The topological polar surface area (TPSA) is 131 Å². The second-order valence-corrected chi connectivity index (χ2v) is 5.95. The minimum absolute atomic E-state index is 0.0906. The van der Waals surface area contributed by atoms with Gasteiger partial charge in [-0.25, -0.2) is 0 Å². The third kappa shape index (κ3) is 3.02. The van der Waals surface area contributed by atoms with E-state index in [1.54, 1.807) is 13.8 Å². The van der Waals surface area contributed by atoms with Crippen LogP contribution < -0.4 is 22.2 Å². The van der Waals surface area contributed by atoms with Gasteiger partial charge in [0.2, 0.25) is 0 Å². The molecule has 0 spiro atoms. The van der Waals surface area contributed by atoms with Crippen LogP contribution in [0.3, 0.4) is 0 Å². The molecule has 28 heavy (non-hydrogen) atoms. The van der Waals surface area contributed by atoms with Crippen molar-refractivity contribution < 1.29 is 19.1 Å². The summed E-state index contributed by atoms with van der Waals surface area (Å²) < 4.78 is 10.9. The first-order valence-electron chi connectivity index (χ1n) is 8.51. The van der Waals surface area contributed by atoms with Gasteiger partial charge in [0.1, 0.15) is 13.1 Å². The molecule has 0 bridgehead atoms. The Labute approximate surface area is 156 Å². The summed E-state index contributed by atoms with van der Waals surface area (Å²) >= 11 is 0. The van der Waals surface area contributed by atoms with Crippen molar-refractivity contribution >= 4 is 33.5 Å². The maximum Gasteiger partial charge on any atom is 0.326 e. The molecule has 2 heterocycles. The van der Waals surface area contributed by atoms with Gasteiger partial charge >= 0.3 is 11.9 Å². The fourth-order valence-electron chi connectivity index (χ4n) is 3.03. The minimum atomic E-state index is -0.764. The van der Waals surface area contributed by atoms with Crippen molar-refractivity contribution in [2.45, 2.75) is 26.9 Å². The van der Waals surface area contributed by atoms with Crippen LogP contribution in [0.5, 0.6) is 0 Å². The van der Waals surface area contributed by atoms with Crippen LogP contribution in [-0.4, -0.2) is 34.3 Å². The summed E-state index contributed by atoms with van der Waals surface area (Å²) in [5, 5.41) is -0.362. The lowest BCUT2D eigenvalue weighted by molar-refractivity contribution is -0.144. The lowest BCUT2D eigenvalue weighted by Gasteiger charge is -2.00. The van der Waals surface area contributed by atoms with E-state index >= 15 is 0 Å². The number of nitrogens with zero attached hydrogens (tertiary/aromatic N) is 2. The molecule has 10 nitrogen and oxygen atoms in total. The molecule has 1 aromatic carbocycles. The number of hydrogen-bond donors (Lipinski definition) is 0. The number of carbonyl (C=O) groups excluding carboxylic acids is 2. The number of fused-ring (bicyclic) bond motifs is 2. The van der Waals surface area contributed by atoms with Crippen LogP contribution in [0, 0.1) is 0 Å². The van der Waals surface area contributed by atoms with Gasteiger partial charge in [-0.15, -0.1) is 0 Å². The van der Waals surface area contributed by atoms with E-state index in [9.17, 15) is 28.8 Å². The zero-order chi connectivity index (χ0) is 20.6. The Bertz CT molecular complexity index is 1130. The zero-order valence-electron chi connectivity index (χ0n) is 15.1. The highest BCUT2D eigenvalue weighted by atomic mass is 16.5. The summed E-state index contributed by atoms with van der Waals surface area (Å²) in [6.45, 7) is 2.23. The largest absolute Gasteiger partial charge is 0.465 e. The van der Waals surface area contributed by atoms with Gasteiger partial charge in [0.15, 0.2) is 0 Å². The Kier molecular flexibility index (Phi) is 4.95. The van der Waals surface area contributed by atoms with E-state index in [1.807, 2.05) is 0 Å². The monoisotopic (exact) mass is 388 g/mol. The van der Waals surface area contributed by atoms with E-state index in [-0.39, 0.29) is 34.8 Å². The normalized spacial score (nSPS) is 11.2. The highest BCUT2D eigenvalue weighted by molar-refractivity contribution is 5.98. The number of aromatic nitrogens is 2. The highest BCUT2D eigenvalue weighted by Crippen LogP contribution is 2.14. The Morgan fingerprint density at radius 1 is 0.679 bits per heavy atom. The van der Waals surface area contributed by atoms with Gasteiger partial charge in [-0.3, -0.25) is 37.9 Å². The maximum atomic E-state index is 12.5. The summed E-state index contributed by atoms with van der Waals surface area (Å²) in [5.41, 5.74) is -3.06. The Balaban J connectivity index is 2.19. The Hall–Kier alpha value is -3.56. The summed E-state index contributed by atoms with van der Waals surface area (Å²) in [6, 6.07) is 2.28. The van der Waals surface area contributed by atoms with E-state index in [4.69, 9.17) is 9.47 Å². The maximum absolute atomic E-state index is 12.5. The minimum Gasteiger partial charge on any atom is -0.465 e. The van der Waals surface area contributed by atoms with Crippen LogP contribution in [0.4, 0.5) is 0 Å². The molecule has 0 atom stereocenters. The standard InChI is InChI=1S/C18H16N2O8/c1-3-27-13(21)7-19-15(23)9-5-11-12(6-10(9)16(19)24)18(26)20(17(11)25)8-14(22)28-4-2/h5-6H,3-4,7-8H2,1-2H3. The van der Waals surface area contributed by atoms with Gasteiger partial charge < -0.3 is 9.47 Å². The molecule has 3 rings (SSSR count). The van der Waals surface area contributed by atoms with Crippen LogP contribution in [0.25, 0.3) is 21.5 Å². The average molecular weight is 388 g/mol. The number of carbonyl (C=O) groups is 2. The van der Waals surface area contributed by atoms with Crippen LogP contribution in [0.1, 0.15) is 13.8 Å². The number of benzene rings is 1. The molecule has 0 radical (unpaired) electrons. The summed E-state index contributed by atoms with van der Waals surface area (Å²) in [5.74, 6) is -1.50. The van der Waals surface area contributed by atoms with E-state index in [1.165, 1.54) is 0 Å². The van der Waals surface area contributed by atoms with Crippen molar-refractivity contribution in [1.82, 2.24) is 9.13 Å². The van der Waals surface area contributed by atoms with Crippen LogP contribution in [-0.2, 0) is 32.2 Å². The van der Waals surface area contributed by atoms with Crippen LogP contribution in [0.15, 0.2) is 31.3 Å². The quantitative estimate of drug-likeness (QED) is 0.494. The van der Waals surface area contributed by atoms with E-state index < -0.39 is 47.3 Å². The van der Waals surface area contributed by atoms with Crippen molar-refractivity contribution in [3.05, 3.63) is 53.5 Å². The van der Waals surface area contributed by atoms with E-state index in [0.717, 1.165) is 12.1 Å². The molecule has 3 aromatic rings. The molecule has 0 N–H and O–H groups in total. The van der Waals surface area contributed by atoms with Crippen LogP contribution in [0.2, 0.25) is 0 Å². The molecule has 0 aliphatic heterocycles. The number of rotatable bonds is 6. The fraction of sp³-hybridized carbons (Fsp3) is 0.333. The molecular weight excluding hydrogens is 372 g/mol. The molecule has 0 saturated heterocycles. The first-order chi connectivity index (χ1) is 13.3. The Morgan fingerprint density at radius 3 is 1.21 bits per heavy atom. The molecule has 0 unspecified atom stereocenters. The van der Waals surface area contributed by atoms with Gasteiger partial charge in [0.05, 0.1) is 34.8 Å². The van der Waals surface area contributed by atoms with Crippen molar-refractivity contribution in [2.75, 3.05) is 13.2 Å². The summed E-state index contributed by atoms with van der Waals surface area (Å²) in [4.78, 5) is 73.2. The molecule has 146 valence electrons. The summed E-state index contributed by atoms with van der Waals surface area (Å²) in [6.07, 6.45) is 0. The molecule has 0 amide bonds. The second-order valence-electron chi connectivity index (χ2n) is 5.95. The molecule has 0 saturated carbocycles. The fourth-order valence-corrected chi connectivity index (χ4v) is 3.03.